The Morgan fingerprint density at radius 1 is 1.22 bits per heavy atom. The van der Waals surface area contributed by atoms with Gasteiger partial charge in [-0.15, -0.1) is 0 Å². The highest BCUT2D eigenvalue weighted by molar-refractivity contribution is 5.83. The Balaban J connectivity index is 1.60. The van der Waals surface area contributed by atoms with E-state index in [1.165, 1.54) is 10.8 Å². The minimum absolute atomic E-state index is 0.000930. The minimum Gasteiger partial charge on any atom is -0.350 e. The molecule has 1 heterocycles. The summed E-state index contributed by atoms with van der Waals surface area (Å²) in [6, 6.07) is 14.6. The molecule has 0 spiro atoms. The number of hydrogen-bond acceptors (Lipinski definition) is 2. The van der Waals surface area contributed by atoms with E-state index in [2.05, 4.69) is 40.7 Å². The molecule has 0 aliphatic rings. The van der Waals surface area contributed by atoms with Gasteiger partial charge in [0.25, 0.3) is 0 Å². The Morgan fingerprint density at radius 2 is 2.00 bits per heavy atom. The third-order valence-electron chi connectivity index (χ3n) is 4.05. The molecule has 1 unspecified atom stereocenters. The highest BCUT2D eigenvalue weighted by atomic mass is 16.1. The van der Waals surface area contributed by atoms with Crippen molar-refractivity contribution in [2.45, 2.75) is 25.8 Å². The number of carbonyl (C=O) groups is 1. The second kappa shape index (κ2) is 6.65. The van der Waals surface area contributed by atoms with Gasteiger partial charge in [0.2, 0.25) is 5.91 Å². The first-order chi connectivity index (χ1) is 11.1. The van der Waals surface area contributed by atoms with E-state index in [9.17, 15) is 4.79 Å². The molecule has 2 aromatic carbocycles. The van der Waals surface area contributed by atoms with E-state index in [-0.39, 0.29) is 11.9 Å². The molecule has 4 heteroatoms. The highest BCUT2D eigenvalue weighted by Crippen LogP contribution is 2.20. The number of amides is 1. The predicted octanol–water partition coefficient (Wildman–Crippen LogP) is 3.38. The van der Waals surface area contributed by atoms with Crippen LogP contribution < -0.4 is 5.32 Å². The average Bonchev–Trinajstić information content (AvgIpc) is 2.98. The summed E-state index contributed by atoms with van der Waals surface area (Å²) >= 11 is 0. The molecule has 23 heavy (non-hydrogen) atoms. The first-order valence-corrected chi connectivity index (χ1v) is 7.87. The fourth-order valence-corrected chi connectivity index (χ4v) is 2.73. The lowest BCUT2D eigenvalue weighted by molar-refractivity contribution is -0.121. The molecule has 0 saturated heterocycles. The molecular weight excluding hydrogens is 286 g/mol. The largest absolute Gasteiger partial charge is 0.350 e. The van der Waals surface area contributed by atoms with Crippen molar-refractivity contribution in [2.24, 2.45) is 7.05 Å². The van der Waals surface area contributed by atoms with Crippen molar-refractivity contribution < 1.29 is 4.79 Å². The van der Waals surface area contributed by atoms with Gasteiger partial charge in [-0.25, -0.2) is 0 Å². The van der Waals surface area contributed by atoms with Gasteiger partial charge in [-0.3, -0.25) is 9.48 Å². The molecule has 0 fully saturated rings. The van der Waals surface area contributed by atoms with Gasteiger partial charge in [0.1, 0.15) is 0 Å². The molecule has 1 aromatic heterocycles. The van der Waals surface area contributed by atoms with Crippen LogP contribution in [0.2, 0.25) is 0 Å². The molecule has 1 amide bonds. The standard InChI is InChI=1S/C19H21N3O/c1-14(17-9-8-16-5-3-4-6-18(16)11-17)21-19(23)10-7-15-12-20-22(2)13-15/h3-6,8-9,11-14H,7,10H2,1-2H3,(H,21,23). The second-order valence-corrected chi connectivity index (χ2v) is 5.92. The van der Waals surface area contributed by atoms with E-state index in [1.807, 2.05) is 32.3 Å². The van der Waals surface area contributed by atoms with Crippen molar-refractivity contribution in [3.05, 3.63) is 66.0 Å². The Hall–Kier alpha value is -2.62. The molecule has 0 radical (unpaired) electrons. The second-order valence-electron chi connectivity index (χ2n) is 5.92. The van der Waals surface area contributed by atoms with Gasteiger partial charge in [0.15, 0.2) is 0 Å². The Morgan fingerprint density at radius 3 is 2.74 bits per heavy atom. The molecule has 1 atom stereocenters. The number of hydrogen-bond donors (Lipinski definition) is 1. The SMILES string of the molecule is CC(NC(=O)CCc1cnn(C)c1)c1ccc2ccccc2c1. The van der Waals surface area contributed by atoms with Crippen LogP contribution in [0.25, 0.3) is 10.8 Å². The van der Waals surface area contributed by atoms with Crippen molar-refractivity contribution in [2.75, 3.05) is 0 Å². The molecule has 3 aromatic rings. The van der Waals surface area contributed by atoms with Gasteiger partial charge in [-0.1, -0.05) is 36.4 Å². The first-order valence-electron chi connectivity index (χ1n) is 7.87. The fraction of sp³-hybridized carbons (Fsp3) is 0.263. The number of benzene rings is 2. The van der Waals surface area contributed by atoms with E-state index >= 15 is 0 Å². The zero-order valence-electron chi connectivity index (χ0n) is 13.5. The van der Waals surface area contributed by atoms with Crippen LogP contribution in [0.15, 0.2) is 54.9 Å². The van der Waals surface area contributed by atoms with E-state index in [0.29, 0.717) is 12.8 Å². The topological polar surface area (TPSA) is 46.9 Å². The number of nitrogens with zero attached hydrogens (tertiary/aromatic N) is 2. The van der Waals surface area contributed by atoms with Crippen LogP contribution in [0.3, 0.4) is 0 Å². The number of aryl methyl sites for hydroxylation is 2. The molecule has 1 N–H and O–H groups in total. The van der Waals surface area contributed by atoms with Crippen molar-refractivity contribution >= 4 is 16.7 Å². The van der Waals surface area contributed by atoms with Crippen molar-refractivity contribution in [3.63, 3.8) is 0 Å². The predicted molar refractivity (Wildman–Crippen MR) is 92.0 cm³/mol. The summed E-state index contributed by atoms with van der Waals surface area (Å²) in [4.78, 5) is 12.1. The summed E-state index contributed by atoms with van der Waals surface area (Å²) < 4.78 is 1.75. The van der Waals surface area contributed by atoms with E-state index in [0.717, 1.165) is 11.1 Å². The van der Waals surface area contributed by atoms with Crippen molar-refractivity contribution in [3.8, 4) is 0 Å². The van der Waals surface area contributed by atoms with E-state index < -0.39 is 0 Å². The third-order valence-corrected chi connectivity index (χ3v) is 4.05. The van der Waals surface area contributed by atoms with Crippen LogP contribution in [0.1, 0.15) is 30.5 Å². The van der Waals surface area contributed by atoms with Gasteiger partial charge < -0.3 is 5.32 Å². The summed E-state index contributed by atoms with van der Waals surface area (Å²) in [5.74, 6) is 0.0644. The molecular formula is C19H21N3O. The summed E-state index contributed by atoms with van der Waals surface area (Å²) in [6.07, 6.45) is 4.94. The van der Waals surface area contributed by atoms with Gasteiger partial charge in [0.05, 0.1) is 12.2 Å². The van der Waals surface area contributed by atoms with Gasteiger partial charge >= 0.3 is 0 Å². The maximum atomic E-state index is 12.1. The monoisotopic (exact) mass is 307 g/mol. The van der Waals surface area contributed by atoms with Gasteiger partial charge in [0, 0.05) is 19.7 Å². The van der Waals surface area contributed by atoms with Crippen LogP contribution in [0, 0.1) is 0 Å². The van der Waals surface area contributed by atoms with Gasteiger partial charge in [-0.05, 0) is 41.3 Å². The van der Waals surface area contributed by atoms with Crippen molar-refractivity contribution in [1.29, 1.82) is 0 Å². The highest BCUT2D eigenvalue weighted by Gasteiger charge is 2.10. The fourth-order valence-electron chi connectivity index (χ4n) is 2.73. The lowest BCUT2D eigenvalue weighted by Crippen LogP contribution is -2.26. The molecule has 0 aliphatic heterocycles. The Kier molecular flexibility index (Phi) is 4.42. The first kappa shape index (κ1) is 15.3. The number of rotatable bonds is 5. The smallest absolute Gasteiger partial charge is 0.220 e. The summed E-state index contributed by atoms with van der Waals surface area (Å²) in [5, 5.41) is 9.60. The maximum Gasteiger partial charge on any atom is 0.220 e. The maximum absolute atomic E-state index is 12.1. The van der Waals surface area contributed by atoms with Gasteiger partial charge in [-0.2, -0.15) is 5.10 Å². The molecule has 0 saturated carbocycles. The average molecular weight is 307 g/mol. The van der Waals surface area contributed by atoms with Crippen LogP contribution in [0.5, 0.6) is 0 Å². The molecule has 118 valence electrons. The van der Waals surface area contributed by atoms with Crippen LogP contribution in [-0.4, -0.2) is 15.7 Å². The van der Waals surface area contributed by atoms with Crippen molar-refractivity contribution in [1.82, 2.24) is 15.1 Å². The van der Waals surface area contributed by atoms with Crippen LogP contribution in [-0.2, 0) is 18.3 Å². The summed E-state index contributed by atoms with van der Waals surface area (Å²) in [5.41, 5.74) is 2.21. The molecule has 0 bridgehead atoms. The lowest BCUT2D eigenvalue weighted by atomic mass is 10.0. The molecule has 4 nitrogen and oxygen atoms in total. The van der Waals surface area contributed by atoms with E-state index in [4.69, 9.17) is 0 Å². The Bertz CT molecular complexity index is 822. The zero-order valence-corrected chi connectivity index (χ0v) is 13.5. The summed E-state index contributed by atoms with van der Waals surface area (Å²) in [7, 11) is 1.88. The Labute approximate surface area is 136 Å². The normalized spacial score (nSPS) is 12.3. The minimum atomic E-state index is 0.000930. The number of fused-ring (bicyclic) bond motifs is 1. The summed E-state index contributed by atoms with van der Waals surface area (Å²) in [6.45, 7) is 2.02. The quantitative estimate of drug-likeness (QED) is 0.785. The number of aromatic nitrogens is 2. The number of nitrogens with one attached hydrogen (secondary N) is 1. The van der Waals surface area contributed by atoms with E-state index in [1.54, 1.807) is 10.9 Å². The molecule has 0 aliphatic carbocycles. The molecule has 3 rings (SSSR count). The van der Waals surface area contributed by atoms with Crippen LogP contribution in [0.4, 0.5) is 0 Å². The lowest BCUT2D eigenvalue weighted by Gasteiger charge is -2.15. The third kappa shape index (κ3) is 3.77. The van der Waals surface area contributed by atoms with Crippen LogP contribution >= 0.6 is 0 Å². The number of carbonyl (C=O) groups excluding carboxylic acids is 1. The zero-order chi connectivity index (χ0) is 16.2.